The second-order valence-corrected chi connectivity index (χ2v) is 9.12. The lowest BCUT2D eigenvalue weighted by Gasteiger charge is -2.39. The number of carbonyl (C=O) groups excluding carboxylic acids is 1. The Morgan fingerprint density at radius 3 is 2.90 bits per heavy atom. The number of pyridine rings is 1. The van der Waals surface area contributed by atoms with Crippen molar-refractivity contribution in [3.05, 3.63) is 65.2 Å². The molecule has 1 aliphatic carbocycles. The minimum atomic E-state index is -0.233. The van der Waals surface area contributed by atoms with Gasteiger partial charge in [-0.15, -0.1) is 0 Å². The number of nitrogens with zero attached hydrogens (tertiary/aromatic N) is 2. The van der Waals surface area contributed by atoms with E-state index in [4.69, 9.17) is 0 Å². The maximum Gasteiger partial charge on any atom is 0.273 e. The van der Waals surface area contributed by atoms with Crippen LogP contribution in [0.2, 0.25) is 0 Å². The van der Waals surface area contributed by atoms with E-state index < -0.39 is 0 Å². The number of carbonyl (C=O) groups is 1. The quantitative estimate of drug-likeness (QED) is 0.859. The summed E-state index contributed by atoms with van der Waals surface area (Å²) in [7, 11) is 0. The van der Waals surface area contributed by atoms with Crippen LogP contribution in [0.1, 0.15) is 60.8 Å². The maximum atomic E-state index is 14.0. The fourth-order valence-corrected chi connectivity index (χ4v) is 5.93. The van der Waals surface area contributed by atoms with E-state index in [0.717, 1.165) is 25.1 Å². The minimum Gasteiger partial charge on any atom is -0.329 e. The molecule has 2 aromatic rings. The first-order chi connectivity index (χ1) is 14.1. The molecule has 1 aromatic heterocycles. The van der Waals surface area contributed by atoms with E-state index >= 15 is 0 Å². The van der Waals surface area contributed by atoms with E-state index in [0.29, 0.717) is 23.7 Å². The van der Waals surface area contributed by atoms with Crippen molar-refractivity contribution in [3.8, 4) is 0 Å². The summed E-state index contributed by atoms with van der Waals surface area (Å²) >= 11 is 0. The van der Waals surface area contributed by atoms with Crippen LogP contribution in [0.3, 0.4) is 0 Å². The molecule has 0 radical (unpaired) electrons. The summed E-state index contributed by atoms with van der Waals surface area (Å²) in [6.45, 7) is 3.24. The Hall–Kier alpha value is -2.27. The van der Waals surface area contributed by atoms with Crippen molar-refractivity contribution in [2.75, 3.05) is 6.54 Å². The molecule has 152 valence electrons. The Kier molecular flexibility index (Phi) is 4.66. The second-order valence-electron chi connectivity index (χ2n) is 9.12. The molecule has 4 nitrogen and oxygen atoms in total. The summed E-state index contributed by atoms with van der Waals surface area (Å²) in [6, 6.07) is 13.3. The van der Waals surface area contributed by atoms with Crippen LogP contribution in [-0.4, -0.2) is 40.5 Å². The number of nitrogens with one attached hydrogen (secondary N) is 1. The molecule has 2 saturated heterocycles. The van der Waals surface area contributed by atoms with Crippen molar-refractivity contribution in [2.45, 2.75) is 63.6 Å². The molecule has 2 aliphatic heterocycles. The number of benzene rings is 1. The predicted molar refractivity (Wildman–Crippen MR) is 110 cm³/mol. The van der Waals surface area contributed by atoms with Crippen molar-refractivity contribution in [2.24, 2.45) is 5.41 Å². The minimum absolute atomic E-state index is 0.0310. The lowest BCUT2D eigenvalue weighted by atomic mass is 9.72. The predicted octanol–water partition coefficient (Wildman–Crippen LogP) is 3.95. The molecule has 1 amide bonds. The summed E-state index contributed by atoms with van der Waals surface area (Å²) in [4.78, 5) is 20.4. The zero-order chi connectivity index (χ0) is 20.0. The molecular formula is C24H28FN3O. The van der Waals surface area contributed by atoms with Crippen molar-refractivity contribution >= 4 is 5.91 Å². The standard InChI is InChI=1S/C24H28FN3O/c1-24-14-18-15-26-21(24)11-4-5-12-22(24)28(18)23(29)20-10-6-8-17(27-20)13-16-7-2-3-9-19(16)25/h2-3,6-10,18,21-22,26H,4-5,11-15H2,1H3/t18-,21+,22-,24+/m0/s1. The monoisotopic (exact) mass is 393 g/mol. The zero-order valence-corrected chi connectivity index (χ0v) is 16.9. The molecule has 4 atom stereocenters. The summed E-state index contributed by atoms with van der Waals surface area (Å²) in [5, 5.41) is 3.72. The molecule has 0 unspecified atom stereocenters. The van der Waals surface area contributed by atoms with Crippen LogP contribution in [0, 0.1) is 11.2 Å². The van der Waals surface area contributed by atoms with Crippen LogP contribution in [-0.2, 0) is 6.42 Å². The molecule has 0 spiro atoms. The Labute approximate surface area is 171 Å². The second kappa shape index (κ2) is 7.21. The summed E-state index contributed by atoms with van der Waals surface area (Å²) in [5.74, 6) is -0.202. The number of hydrogen-bond donors (Lipinski definition) is 1. The smallest absolute Gasteiger partial charge is 0.273 e. The van der Waals surface area contributed by atoms with Crippen LogP contribution in [0.5, 0.6) is 0 Å². The van der Waals surface area contributed by atoms with E-state index in [1.807, 2.05) is 18.2 Å². The van der Waals surface area contributed by atoms with Gasteiger partial charge in [0.25, 0.3) is 5.91 Å². The van der Waals surface area contributed by atoms with Gasteiger partial charge in [0.1, 0.15) is 11.5 Å². The topological polar surface area (TPSA) is 45.2 Å². The number of fused-ring (bicyclic) bond motifs is 1. The van der Waals surface area contributed by atoms with Gasteiger partial charge in [-0.3, -0.25) is 4.79 Å². The van der Waals surface area contributed by atoms with E-state index in [1.165, 1.54) is 25.3 Å². The number of amides is 1. The van der Waals surface area contributed by atoms with E-state index in [-0.39, 0.29) is 29.2 Å². The van der Waals surface area contributed by atoms with Crippen molar-refractivity contribution in [1.29, 1.82) is 0 Å². The van der Waals surface area contributed by atoms with Gasteiger partial charge in [-0.25, -0.2) is 9.37 Å². The molecule has 2 bridgehead atoms. The molecule has 3 fully saturated rings. The molecule has 29 heavy (non-hydrogen) atoms. The van der Waals surface area contributed by atoms with Crippen LogP contribution in [0.15, 0.2) is 42.5 Å². The van der Waals surface area contributed by atoms with E-state index in [9.17, 15) is 9.18 Å². The number of hydrogen-bond acceptors (Lipinski definition) is 3. The molecule has 1 aromatic carbocycles. The highest BCUT2D eigenvalue weighted by Crippen LogP contribution is 2.50. The summed E-state index contributed by atoms with van der Waals surface area (Å²) in [6.07, 6.45) is 6.16. The highest BCUT2D eigenvalue weighted by molar-refractivity contribution is 5.93. The molecule has 3 aliphatic rings. The highest BCUT2D eigenvalue weighted by Gasteiger charge is 2.57. The molecule has 1 saturated carbocycles. The van der Waals surface area contributed by atoms with Gasteiger partial charge >= 0.3 is 0 Å². The van der Waals surface area contributed by atoms with Gasteiger partial charge in [0, 0.05) is 42.2 Å². The highest BCUT2D eigenvalue weighted by atomic mass is 19.1. The van der Waals surface area contributed by atoms with E-state index in [2.05, 4.69) is 22.1 Å². The first-order valence-electron chi connectivity index (χ1n) is 10.8. The van der Waals surface area contributed by atoms with Crippen LogP contribution < -0.4 is 5.32 Å². The lowest BCUT2D eigenvalue weighted by molar-refractivity contribution is 0.0622. The number of piperidine rings is 1. The average molecular weight is 394 g/mol. The Bertz CT molecular complexity index is 932. The van der Waals surface area contributed by atoms with Gasteiger partial charge in [0.2, 0.25) is 0 Å². The van der Waals surface area contributed by atoms with Gasteiger partial charge in [-0.2, -0.15) is 0 Å². The summed E-state index contributed by atoms with van der Waals surface area (Å²) < 4.78 is 14.0. The number of halogens is 1. The van der Waals surface area contributed by atoms with Crippen molar-refractivity contribution < 1.29 is 9.18 Å². The number of aromatic nitrogens is 1. The average Bonchev–Trinajstić information content (AvgIpc) is 2.83. The number of rotatable bonds is 3. The molecule has 5 heteroatoms. The van der Waals surface area contributed by atoms with Gasteiger partial charge in [0.15, 0.2) is 0 Å². The van der Waals surface area contributed by atoms with E-state index in [1.54, 1.807) is 18.2 Å². The largest absolute Gasteiger partial charge is 0.329 e. The molecule has 3 heterocycles. The Balaban J connectivity index is 1.43. The van der Waals surface area contributed by atoms with Gasteiger partial charge in [-0.05, 0) is 43.0 Å². The fraction of sp³-hybridized carbons (Fsp3) is 0.500. The third kappa shape index (κ3) is 3.16. The van der Waals surface area contributed by atoms with Crippen molar-refractivity contribution in [1.82, 2.24) is 15.2 Å². The third-order valence-corrected chi connectivity index (χ3v) is 7.37. The van der Waals surface area contributed by atoms with Crippen LogP contribution >= 0.6 is 0 Å². The van der Waals surface area contributed by atoms with Crippen molar-refractivity contribution in [3.63, 3.8) is 0 Å². The van der Waals surface area contributed by atoms with Gasteiger partial charge in [-0.1, -0.05) is 44.0 Å². The van der Waals surface area contributed by atoms with Gasteiger partial charge < -0.3 is 10.2 Å². The summed E-state index contributed by atoms with van der Waals surface area (Å²) in [5.41, 5.74) is 1.96. The Morgan fingerprint density at radius 1 is 1.21 bits per heavy atom. The molecule has 1 N–H and O–H groups in total. The van der Waals surface area contributed by atoms with Gasteiger partial charge in [0.05, 0.1) is 0 Å². The normalized spacial score (nSPS) is 30.8. The molecule has 5 rings (SSSR count). The fourth-order valence-electron chi connectivity index (χ4n) is 5.93. The zero-order valence-electron chi connectivity index (χ0n) is 16.9. The number of likely N-dealkylation sites (tertiary alicyclic amines) is 1. The SMILES string of the molecule is C[C@@]12C[C@H]3CN[C@@H]1CCCC[C@@H]2N3C(=O)c1cccc(Cc2ccccc2F)n1. The lowest BCUT2D eigenvalue weighted by Crippen LogP contribution is -2.51. The molecular weight excluding hydrogens is 365 g/mol. The van der Waals surface area contributed by atoms with Crippen LogP contribution in [0.4, 0.5) is 4.39 Å². The first kappa shape index (κ1) is 18.7. The first-order valence-corrected chi connectivity index (χ1v) is 10.8. The third-order valence-electron chi connectivity index (χ3n) is 7.37. The van der Waals surface area contributed by atoms with Crippen LogP contribution in [0.25, 0.3) is 0 Å². The maximum absolute atomic E-state index is 14.0. The Morgan fingerprint density at radius 2 is 2.03 bits per heavy atom.